The molecule has 2 rings (SSSR count). The summed E-state index contributed by atoms with van der Waals surface area (Å²) in [6.45, 7) is 0. The van der Waals surface area contributed by atoms with Crippen molar-refractivity contribution in [3.05, 3.63) is 24.0 Å². The monoisotopic (exact) mass is 311 g/mol. The fourth-order valence-electron chi connectivity index (χ4n) is 1.73. The molecule has 0 aliphatic carbocycles. The van der Waals surface area contributed by atoms with Gasteiger partial charge in [-0.2, -0.15) is 26.3 Å². The zero-order chi connectivity index (χ0) is 16.0. The Morgan fingerprint density at radius 3 is 2.33 bits per heavy atom. The molecule has 2 aromatic rings. The molecule has 0 bridgehead atoms. The van der Waals surface area contributed by atoms with E-state index in [1.54, 1.807) is 5.32 Å². The third-order valence-electron chi connectivity index (χ3n) is 2.65. The van der Waals surface area contributed by atoms with E-state index in [9.17, 15) is 31.1 Å². The molecule has 1 aromatic heterocycles. The zero-order valence-corrected chi connectivity index (χ0v) is 10.3. The Morgan fingerprint density at radius 2 is 1.81 bits per heavy atom. The van der Waals surface area contributed by atoms with Gasteiger partial charge in [-0.25, -0.2) is 4.98 Å². The van der Waals surface area contributed by atoms with Gasteiger partial charge in [0.25, 0.3) is 0 Å². The van der Waals surface area contributed by atoms with Gasteiger partial charge in [0, 0.05) is 12.7 Å². The summed E-state index contributed by atoms with van der Waals surface area (Å²) in [4.78, 5) is 14.1. The van der Waals surface area contributed by atoms with Gasteiger partial charge in [-0.05, 0) is 18.2 Å². The Bertz CT molecular complexity index is 700. The van der Waals surface area contributed by atoms with Crippen molar-refractivity contribution in [2.45, 2.75) is 12.4 Å². The lowest BCUT2D eigenvalue weighted by molar-refractivity contribution is -0.167. The number of imidazole rings is 1. The minimum absolute atomic E-state index is 0.0762. The number of hydrogen-bond donors (Lipinski definition) is 1. The first-order valence-electron chi connectivity index (χ1n) is 5.42. The number of anilines is 1. The van der Waals surface area contributed by atoms with Gasteiger partial charge in [-0.15, -0.1) is 0 Å². The first-order valence-corrected chi connectivity index (χ1v) is 5.42. The van der Waals surface area contributed by atoms with E-state index in [2.05, 4.69) is 4.98 Å². The quantitative estimate of drug-likeness (QED) is 0.823. The van der Waals surface area contributed by atoms with Crippen molar-refractivity contribution in [3.8, 4) is 0 Å². The minimum atomic E-state index is -5.09. The molecule has 0 fully saturated rings. The summed E-state index contributed by atoms with van der Waals surface area (Å²) in [5, 5.41) is 1.55. The molecular formula is C11H7F6N3O. The van der Waals surface area contributed by atoms with E-state index in [-0.39, 0.29) is 16.7 Å². The van der Waals surface area contributed by atoms with Crippen LogP contribution in [0.25, 0.3) is 11.0 Å². The second kappa shape index (κ2) is 4.64. The molecule has 0 aliphatic rings. The molecule has 21 heavy (non-hydrogen) atoms. The van der Waals surface area contributed by atoms with Crippen LogP contribution in [0.2, 0.25) is 0 Å². The Kier molecular flexibility index (Phi) is 3.34. The molecule has 0 aliphatic heterocycles. The smallest absolute Gasteiger partial charge is 0.323 e. The molecule has 0 atom stereocenters. The van der Waals surface area contributed by atoms with Crippen LogP contribution >= 0.6 is 0 Å². The van der Waals surface area contributed by atoms with Crippen molar-refractivity contribution < 1.29 is 31.1 Å². The number of amides is 1. The molecule has 4 nitrogen and oxygen atoms in total. The van der Waals surface area contributed by atoms with Gasteiger partial charge in [-0.3, -0.25) is 4.79 Å². The molecular weight excluding hydrogens is 304 g/mol. The summed E-state index contributed by atoms with van der Waals surface area (Å²) < 4.78 is 75.0. The number of hydrogen-bond acceptors (Lipinski definition) is 2. The number of fused-ring (bicyclic) bond motifs is 1. The van der Waals surface area contributed by atoms with E-state index in [4.69, 9.17) is 0 Å². The average molecular weight is 311 g/mol. The number of carbonyl (C=O) groups is 1. The molecule has 1 aromatic carbocycles. The molecule has 0 saturated carbocycles. The number of aryl methyl sites for hydroxylation is 1. The van der Waals surface area contributed by atoms with Crippen LogP contribution in [0.5, 0.6) is 0 Å². The van der Waals surface area contributed by atoms with E-state index in [0.29, 0.717) is 0 Å². The maximum absolute atomic E-state index is 12.7. The standard InChI is InChI=1S/C11H7F6N3O/c1-20-7-3-2-5(18-9(21)11(15,16)17)4-6(7)19-8(20)10(12,13)14/h2-4H,1H3,(H,18,21). The molecule has 1 amide bonds. The molecule has 114 valence electrons. The highest BCUT2D eigenvalue weighted by atomic mass is 19.4. The fraction of sp³-hybridized carbons (Fsp3) is 0.273. The van der Waals surface area contributed by atoms with Crippen molar-refractivity contribution in [3.63, 3.8) is 0 Å². The van der Waals surface area contributed by atoms with Crippen LogP contribution in [-0.2, 0) is 18.0 Å². The minimum Gasteiger partial charge on any atom is -0.323 e. The lowest BCUT2D eigenvalue weighted by Gasteiger charge is -2.07. The third-order valence-corrected chi connectivity index (χ3v) is 2.65. The van der Waals surface area contributed by atoms with Gasteiger partial charge in [-0.1, -0.05) is 0 Å². The molecule has 1 heterocycles. The van der Waals surface area contributed by atoms with Crippen molar-refractivity contribution in [2.24, 2.45) is 7.05 Å². The van der Waals surface area contributed by atoms with Crippen molar-refractivity contribution >= 4 is 22.6 Å². The molecule has 1 N–H and O–H groups in total. The highest BCUT2D eigenvalue weighted by molar-refractivity contribution is 5.96. The van der Waals surface area contributed by atoms with Crippen LogP contribution in [0.4, 0.5) is 32.0 Å². The summed E-state index contributed by atoms with van der Waals surface area (Å²) >= 11 is 0. The first-order chi connectivity index (χ1) is 9.50. The molecule has 0 saturated heterocycles. The van der Waals surface area contributed by atoms with Crippen LogP contribution in [0.15, 0.2) is 18.2 Å². The van der Waals surface area contributed by atoms with Gasteiger partial charge in [0.2, 0.25) is 5.82 Å². The lowest BCUT2D eigenvalue weighted by atomic mass is 10.2. The normalized spacial score (nSPS) is 12.7. The molecule has 0 radical (unpaired) electrons. The topological polar surface area (TPSA) is 46.9 Å². The number of carbonyl (C=O) groups excluding carboxylic acids is 1. The van der Waals surface area contributed by atoms with Crippen LogP contribution in [0.1, 0.15) is 5.82 Å². The van der Waals surface area contributed by atoms with Crippen LogP contribution in [0.3, 0.4) is 0 Å². The SMILES string of the molecule is Cn1c(C(F)(F)F)nc2cc(NC(=O)C(F)(F)F)ccc21. The lowest BCUT2D eigenvalue weighted by Crippen LogP contribution is -2.29. The highest BCUT2D eigenvalue weighted by Gasteiger charge is 2.39. The van der Waals surface area contributed by atoms with Crippen LogP contribution in [-0.4, -0.2) is 21.6 Å². The zero-order valence-electron chi connectivity index (χ0n) is 10.3. The van der Waals surface area contributed by atoms with Crippen molar-refractivity contribution in [1.82, 2.24) is 9.55 Å². The summed E-state index contributed by atoms with van der Waals surface area (Å²) in [5.41, 5.74) is -0.395. The average Bonchev–Trinajstić information content (AvgIpc) is 2.65. The van der Waals surface area contributed by atoms with Gasteiger partial charge in [0.1, 0.15) is 0 Å². The van der Waals surface area contributed by atoms with Crippen LogP contribution < -0.4 is 5.32 Å². The second-order valence-corrected chi connectivity index (χ2v) is 4.15. The number of nitrogens with one attached hydrogen (secondary N) is 1. The third kappa shape index (κ3) is 2.93. The predicted molar refractivity (Wildman–Crippen MR) is 60.4 cm³/mol. The van der Waals surface area contributed by atoms with E-state index >= 15 is 0 Å². The number of benzene rings is 1. The summed E-state index contributed by atoms with van der Waals surface area (Å²) in [7, 11) is 1.13. The van der Waals surface area contributed by atoms with Gasteiger partial charge in [0.05, 0.1) is 11.0 Å². The van der Waals surface area contributed by atoms with Gasteiger partial charge < -0.3 is 9.88 Å². The number of rotatable bonds is 1. The maximum Gasteiger partial charge on any atom is 0.471 e. The summed E-state index contributed by atoms with van der Waals surface area (Å²) in [6.07, 6.45) is -9.78. The van der Waals surface area contributed by atoms with Crippen molar-refractivity contribution in [1.29, 1.82) is 0 Å². The second-order valence-electron chi connectivity index (χ2n) is 4.15. The fourth-order valence-corrected chi connectivity index (χ4v) is 1.73. The van der Waals surface area contributed by atoms with Gasteiger partial charge >= 0.3 is 18.3 Å². The summed E-state index contributed by atoms with van der Waals surface area (Å²) in [5.74, 6) is -3.40. The number of alkyl halides is 6. The number of nitrogens with zero attached hydrogens (tertiary/aromatic N) is 2. The van der Waals surface area contributed by atoms with E-state index < -0.39 is 24.1 Å². The Labute approximate surface area is 113 Å². The Balaban J connectivity index is 2.42. The van der Waals surface area contributed by atoms with Gasteiger partial charge in [0.15, 0.2) is 0 Å². The van der Waals surface area contributed by atoms with Crippen molar-refractivity contribution in [2.75, 3.05) is 5.32 Å². The largest absolute Gasteiger partial charge is 0.471 e. The Hall–Kier alpha value is -2.26. The highest BCUT2D eigenvalue weighted by Crippen LogP contribution is 2.31. The first kappa shape index (κ1) is 15.1. The van der Waals surface area contributed by atoms with E-state index in [1.807, 2.05) is 0 Å². The Morgan fingerprint density at radius 1 is 1.19 bits per heavy atom. The van der Waals surface area contributed by atoms with Crippen LogP contribution in [0, 0.1) is 0 Å². The summed E-state index contributed by atoms with van der Waals surface area (Å²) in [6, 6.07) is 3.14. The molecule has 10 heteroatoms. The molecule has 0 spiro atoms. The van der Waals surface area contributed by atoms with E-state index in [1.165, 1.54) is 0 Å². The molecule has 0 unspecified atom stereocenters. The predicted octanol–water partition coefficient (Wildman–Crippen LogP) is 3.09. The maximum atomic E-state index is 12.7. The number of halogens is 6. The number of aromatic nitrogens is 2. The van der Waals surface area contributed by atoms with E-state index in [0.717, 1.165) is 29.8 Å².